The van der Waals surface area contributed by atoms with E-state index in [1.807, 2.05) is 30.3 Å². The largest absolute Gasteiger partial charge is 0.497 e. The van der Waals surface area contributed by atoms with Crippen molar-refractivity contribution in [2.75, 3.05) is 20.3 Å². The molecule has 4 rings (SSSR count). The summed E-state index contributed by atoms with van der Waals surface area (Å²) in [7, 11) is 1.59. The number of hydrogen-bond donors (Lipinski definition) is 1. The van der Waals surface area contributed by atoms with E-state index < -0.39 is 0 Å². The molecule has 1 aromatic heterocycles. The van der Waals surface area contributed by atoms with Gasteiger partial charge in [0.15, 0.2) is 0 Å². The number of fused-ring (bicyclic) bond motifs is 1. The number of ether oxygens (including phenoxy) is 2. The zero-order valence-electron chi connectivity index (χ0n) is 20.7. The lowest BCUT2D eigenvalue weighted by Gasteiger charge is -2.11. The number of methoxy groups -OCH3 is 1. The highest BCUT2D eigenvalue weighted by atomic mass is 16.5. The Balaban J connectivity index is 1.33. The fraction of sp³-hybridized carbons (Fsp3) is 0.310. The third kappa shape index (κ3) is 6.41. The molecule has 1 amide bonds. The maximum atomic E-state index is 12.6. The lowest BCUT2D eigenvalue weighted by molar-refractivity contribution is 0.0953. The van der Waals surface area contributed by atoms with Crippen LogP contribution in [0.5, 0.6) is 11.5 Å². The molecule has 0 aliphatic rings. The number of imidazole rings is 1. The van der Waals surface area contributed by atoms with Crippen molar-refractivity contribution in [2.24, 2.45) is 0 Å². The third-order valence-electron chi connectivity index (χ3n) is 5.94. The van der Waals surface area contributed by atoms with Gasteiger partial charge in [-0.3, -0.25) is 4.79 Å². The summed E-state index contributed by atoms with van der Waals surface area (Å²) in [5, 5.41) is 3.01. The first kappa shape index (κ1) is 24.3. The number of benzene rings is 3. The van der Waals surface area contributed by atoms with Gasteiger partial charge < -0.3 is 19.4 Å². The summed E-state index contributed by atoms with van der Waals surface area (Å²) >= 11 is 0. The molecule has 1 heterocycles. The number of rotatable bonds is 11. The molecule has 35 heavy (non-hydrogen) atoms. The van der Waals surface area contributed by atoms with Gasteiger partial charge in [0.1, 0.15) is 17.3 Å². The summed E-state index contributed by atoms with van der Waals surface area (Å²) in [5.41, 5.74) is 5.12. The molecule has 3 aromatic carbocycles. The van der Waals surface area contributed by atoms with Gasteiger partial charge >= 0.3 is 0 Å². The van der Waals surface area contributed by atoms with Crippen LogP contribution in [0, 0.1) is 13.8 Å². The molecule has 0 aliphatic carbocycles. The number of para-hydroxylation sites is 2. The van der Waals surface area contributed by atoms with Crippen molar-refractivity contribution < 1.29 is 14.3 Å². The molecule has 0 radical (unpaired) electrons. The maximum absolute atomic E-state index is 12.6. The summed E-state index contributed by atoms with van der Waals surface area (Å²) in [4.78, 5) is 17.4. The number of nitrogens with one attached hydrogen (secondary N) is 1. The van der Waals surface area contributed by atoms with Crippen LogP contribution in [0.4, 0.5) is 0 Å². The summed E-state index contributed by atoms with van der Waals surface area (Å²) in [6.45, 7) is 6.22. The highest BCUT2D eigenvalue weighted by Gasteiger charge is 2.12. The van der Waals surface area contributed by atoms with Crippen LogP contribution >= 0.6 is 0 Å². The molecular weight excluding hydrogens is 438 g/mol. The number of amides is 1. The molecule has 0 saturated carbocycles. The molecule has 0 saturated heterocycles. The molecule has 0 unspecified atom stereocenters. The molecule has 0 fully saturated rings. The molecule has 6 heteroatoms. The number of carbonyl (C=O) groups excluding carboxylic acids is 1. The van der Waals surface area contributed by atoms with Crippen LogP contribution in [-0.2, 0) is 13.0 Å². The summed E-state index contributed by atoms with van der Waals surface area (Å²) in [5.74, 6) is 2.46. The molecule has 6 nitrogen and oxygen atoms in total. The highest BCUT2D eigenvalue weighted by Crippen LogP contribution is 2.19. The predicted molar refractivity (Wildman–Crippen MR) is 139 cm³/mol. The molecule has 4 aromatic rings. The first-order valence-electron chi connectivity index (χ1n) is 12.1. The van der Waals surface area contributed by atoms with Crippen LogP contribution in [0.1, 0.15) is 40.2 Å². The Labute approximate surface area is 206 Å². The first-order chi connectivity index (χ1) is 17.0. The maximum Gasteiger partial charge on any atom is 0.251 e. The van der Waals surface area contributed by atoms with Gasteiger partial charge in [0.2, 0.25) is 0 Å². The standard InChI is InChI=1S/C29H33N3O3/c1-21-17-22(2)19-25(18-21)35-16-7-6-15-32-27-12-5-4-11-26(27)31-28(32)13-14-30-29(33)23-9-8-10-24(20-23)34-3/h4-5,8-12,17-20H,6-7,13-16H2,1-3H3,(H,30,33). The Hall–Kier alpha value is -3.80. The summed E-state index contributed by atoms with van der Waals surface area (Å²) in [6, 6.07) is 21.7. The van der Waals surface area contributed by atoms with E-state index >= 15 is 0 Å². The van der Waals surface area contributed by atoms with Crippen molar-refractivity contribution in [3.8, 4) is 11.5 Å². The van der Waals surface area contributed by atoms with Gasteiger partial charge in [-0.05, 0) is 80.3 Å². The molecule has 0 atom stereocenters. The fourth-order valence-electron chi connectivity index (χ4n) is 4.30. The van der Waals surface area contributed by atoms with E-state index in [4.69, 9.17) is 14.5 Å². The highest BCUT2D eigenvalue weighted by molar-refractivity contribution is 5.94. The van der Waals surface area contributed by atoms with Crippen LogP contribution in [0.25, 0.3) is 11.0 Å². The van der Waals surface area contributed by atoms with Crippen molar-refractivity contribution in [2.45, 2.75) is 39.7 Å². The van der Waals surface area contributed by atoms with Crippen LogP contribution < -0.4 is 14.8 Å². The molecular formula is C29H33N3O3. The van der Waals surface area contributed by atoms with Crippen LogP contribution in [-0.4, -0.2) is 35.7 Å². The smallest absolute Gasteiger partial charge is 0.251 e. The SMILES string of the molecule is COc1cccc(C(=O)NCCc2nc3ccccc3n2CCCCOc2cc(C)cc(C)c2)c1. The second-order valence-corrected chi connectivity index (χ2v) is 8.79. The van der Waals surface area contributed by atoms with Crippen LogP contribution in [0.3, 0.4) is 0 Å². The first-order valence-corrected chi connectivity index (χ1v) is 12.1. The lowest BCUT2D eigenvalue weighted by atomic mass is 10.1. The number of aromatic nitrogens is 2. The average Bonchev–Trinajstić information content (AvgIpc) is 3.20. The van der Waals surface area contributed by atoms with E-state index in [9.17, 15) is 4.79 Å². The lowest BCUT2D eigenvalue weighted by Crippen LogP contribution is -2.26. The van der Waals surface area contributed by atoms with Crippen molar-refractivity contribution in [3.63, 3.8) is 0 Å². The van der Waals surface area contributed by atoms with Gasteiger partial charge in [0.05, 0.1) is 24.8 Å². The number of carbonyl (C=O) groups is 1. The molecule has 1 N–H and O–H groups in total. The van der Waals surface area contributed by atoms with Crippen molar-refractivity contribution in [3.05, 3.63) is 89.2 Å². The van der Waals surface area contributed by atoms with Gasteiger partial charge in [-0.2, -0.15) is 0 Å². The zero-order valence-corrected chi connectivity index (χ0v) is 20.7. The molecule has 0 aliphatic heterocycles. The van der Waals surface area contributed by atoms with Crippen LogP contribution in [0.15, 0.2) is 66.7 Å². The summed E-state index contributed by atoms with van der Waals surface area (Å²) < 4.78 is 13.5. The number of nitrogens with zero attached hydrogens (tertiary/aromatic N) is 2. The van der Waals surface area contributed by atoms with Gasteiger partial charge in [0, 0.05) is 25.1 Å². The summed E-state index contributed by atoms with van der Waals surface area (Å²) in [6.07, 6.45) is 2.59. The van der Waals surface area contributed by atoms with E-state index in [0.717, 1.165) is 42.0 Å². The zero-order chi connectivity index (χ0) is 24.6. The Morgan fingerprint density at radius 1 is 0.943 bits per heavy atom. The Kier molecular flexibility index (Phi) is 8.03. The number of aryl methyl sites for hydroxylation is 3. The normalized spacial score (nSPS) is 10.9. The van der Waals surface area contributed by atoms with E-state index in [1.54, 1.807) is 19.2 Å². The molecule has 0 bridgehead atoms. The molecule has 182 valence electrons. The van der Waals surface area contributed by atoms with Crippen molar-refractivity contribution >= 4 is 16.9 Å². The van der Waals surface area contributed by atoms with Gasteiger partial charge in [-0.15, -0.1) is 0 Å². The Morgan fingerprint density at radius 3 is 2.54 bits per heavy atom. The number of unbranched alkanes of at least 4 members (excludes halogenated alkanes) is 1. The third-order valence-corrected chi connectivity index (χ3v) is 5.94. The topological polar surface area (TPSA) is 65.4 Å². The second kappa shape index (κ2) is 11.6. The minimum atomic E-state index is -0.116. The minimum Gasteiger partial charge on any atom is -0.497 e. The fourth-order valence-corrected chi connectivity index (χ4v) is 4.30. The van der Waals surface area contributed by atoms with Gasteiger partial charge in [-0.1, -0.05) is 24.3 Å². The minimum absolute atomic E-state index is 0.116. The quantitative estimate of drug-likeness (QED) is 0.294. The van der Waals surface area contributed by atoms with Gasteiger partial charge in [-0.25, -0.2) is 4.98 Å². The Bertz CT molecular complexity index is 1280. The molecule has 0 spiro atoms. The van der Waals surface area contributed by atoms with Crippen LogP contribution in [0.2, 0.25) is 0 Å². The van der Waals surface area contributed by atoms with Crippen molar-refractivity contribution in [1.82, 2.24) is 14.9 Å². The van der Waals surface area contributed by atoms with Crippen molar-refractivity contribution in [1.29, 1.82) is 0 Å². The predicted octanol–water partition coefficient (Wildman–Crippen LogP) is 5.49. The average molecular weight is 472 g/mol. The van der Waals surface area contributed by atoms with Gasteiger partial charge in [0.25, 0.3) is 5.91 Å². The van der Waals surface area contributed by atoms with E-state index in [2.05, 4.69) is 48.0 Å². The Morgan fingerprint density at radius 2 is 1.74 bits per heavy atom. The van der Waals surface area contributed by atoms with E-state index in [-0.39, 0.29) is 5.91 Å². The second-order valence-electron chi connectivity index (χ2n) is 8.79. The van der Waals surface area contributed by atoms with E-state index in [1.165, 1.54) is 11.1 Å². The monoisotopic (exact) mass is 471 g/mol. The van der Waals surface area contributed by atoms with E-state index in [0.29, 0.717) is 30.9 Å². The number of hydrogen-bond acceptors (Lipinski definition) is 4.